The highest BCUT2D eigenvalue weighted by molar-refractivity contribution is 6.06. The zero-order valence-electron chi connectivity index (χ0n) is 19.6. The fraction of sp³-hybridized carbons (Fsp3) is 0.346. The molecule has 3 aromatic rings. The van der Waals surface area contributed by atoms with Crippen LogP contribution in [0.1, 0.15) is 42.1 Å². The molecule has 1 aromatic heterocycles. The van der Waals surface area contributed by atoms with Crippen molar-refractivity contribution in [3.05, 3.63) is 77.6 Å². The van der Waals surface area contributed by atoms with Crippen LogP contribution < -0.4 is 4.74 Å². The van der Waals surface area contributed by atoms with Crippen LogP contribution in [-0.4, -0.2) is 57.0 Å². The quantitative estimate of drug-likeness (QED) is 0.585. The van der Waals surface area contributed by atoms with Crippen molar-refractivity contribution in [3.8, 4) is 11.4 Å². The number of ether oxygens (including phenoxy) is 1. The Balaban J connectivity index is 1.38. The van der Waals surface area contributed by atoms with Gasteiger partial charge >= 0.3 is 0 Å². The highest BCUT2D eigenvalue weighted by Crippen LogP contribution is 2.39. The number of aliphatic hydroxyl groups is 1. The number of carbonyl (C=O) groups excluding carboxylic acids is 1. The van der Waals surface area contributed by atoms with Gasteiger partial charge in [-0.1, -0.05) is 23.4 Å². The minimum absolute atomic E-state index is 0.219. The zero-order chi connectivity index (χ0) is 24.6. The SMILES string of the molecule is COc1cc(C2=NOC3(CCCN(C(CO)c4ccc(F)cc4)C3=O)C2)ccc1-n1cnc(C)c1. The summed E-state index contributed by atoms with van der Waals surface area (Å²) in [6.07, 6.45) is 5.19. The van der Waals surface area contributed by atoms with E-state index in [9.17, 15) is 14.3 Å². The Hall–Kier alpha value is -3.72. The summed E-state index contributed by atoms with van der Waals surface area (Å²) in [5.41, 5.74) is 2.77. The van der Waals surface area contributed by atoms with E-state index in [-0.39, 0.29) is 18.3 Å². The lowest BCUT2D eigenvalue weighted by Crippen LogP contribution is -2.55. The van der Waals surface area contributed by atoms with Gasteiger partial charge in [0, 0.05) is 31.1 Å². The first kappa shape index (κ1) is 23.0. The molecule has 3 heterocycles. The van der Waals surface area contributed by atoms with E-state index in [0.717, 1.165) is 16.9 Å². The van der Waals surface area contributed by atoms with Crippen molar-refractivity contribution in [2.45, 2.75) is 37.8 Å². The Labute approximate surface area is 202 Å². The molecule has 1 N–H and O–H groups in total. The van der Waals surface area contributed by atoms with Crippen molar-refractivity contribution in [2.24, 2.45) is 5.16 Å². The van der Waals surface area contributed by atoms with Crippen LogP contribution in [0.5, 0.6) is 5.75 Å². The summed E-state index contributed by atoms with van der Waals surface area (Å²) in [6, 6.07) is 11.0. The summed E-state index contributed by atoms with van der Waals surface area (Å²) in [7, 11) is 1.61. The molecule has 1 spiro atoms. The second kappa shape index (κ2) is 9.14. The van der Waals surface area contributed by atoms with E-state index in [1.54, 1.807) is 30.5 Å². The van der Waals surface area contributed by atoms with Gasteiger partial charge in [-0.15, -0.1) is 0 Å². The molecule has 0 aliphatic carbocycles. The number of hydrogen-bond acceptors (Lipinski definition) is 6. The second-order valence-electron chi connectivity index (χ2n) is 8.96. The summed E-state index contributed by atoms with van der Waals surface area (Å²) in [5.74, 6) is 0.0637. The number of amides is 1. The number of halogens is 1. The summed E-state index contributed by atoms with van der Waals surface area (Å²) >= 11 is 0. The molecule has 2 aromatic carbocycles. The number of carbonyl (C=O) groups is 1. The third-order valence-corrected chi connectivity index (χ3v) is 6.72. The molecule has 2 atom stereocenters. The summed E-state index contributed by atoms with van der Waals surface area (Å²) in [6.45, 7) is 2.13. The smallest absolute Gasteiger partial charge is 0.270 e. The highest BCUT2D eigenvalue weighted by atomic mass is 19.1. The molecular weight excluding hydrogens is 451 g/mol. The van der Waals surface area contributed by atoms with Gasteiger partial charge in [-0.25, -0.2) is 9.37 Å². The Kier molecular flexibility index (Phi) is 6.02. The number of piperidine rings is 1. The van der Waals surface area contributed by atoms with Gasteiger partial charge in [0.05, 0.1) is 43.2 Å². The zero-order valence-corrected chi connectivity index (χ0v) is 19.6. The molecule has 0 radical (unpaired) electrons. The van der Waals surface area contributed by atoms with Gasteiger partial charge in [0.25, 0.3) is 5.91 Å². The van der Waals surface area contributed by atoms with Gasteiger partial charge in [-0.3, -0.25) is 4.79 Å². The number of likely N-dealkylation sites (tertiary alicyclic amines) is 1. The maximum absolute atomic E-state index is 13.6. The largest absolute Gasteiger partial charge is 0.495 e. The fourth-order valence-corrected chi connectivity index (χ4v) is 4.88. The lowest BCUT2D eigenvalue weighted by molar-refractivity contribution is -0.165. The molecule has 9 heteroatoms. The predicted molar refractivity (Wildman–Crippen MR) is 127 cm³/mol. The van der Waals surface area contributed by atoms with Crippen molar-refractivity contribution in [3.63, 3.8) is 0 Å². The van der Waals surface area contributed by atoms with Crippen molar-refractivity contribution in [1.82, 2.24) is 14.5 Å². The van der Waals surface area contributed by atoms with E-state index in [1.807, 2.05) is 35.9 Å². The molecule has 1 amide bonds. The van der Waals surface area contributed by atoms with Crippen molar-refractivity contribution < 1.29 is 23.9 Å². The second-order valence-corrected chi connectivity index (χ2v) is 8.96. The van der Waals surface area contributed by atoms with E-state index in [1.165, 1.54) is 12.1 Å². The maximum Gasteiger partial charge on any atom is 0.270 e. The van der Waals surface area contributed by atoms with Gasteiger partial charge < -0.3 is 24.1 Å². The van der Waals surface area contributed by atoms with Gasteiger partial charge in [0.1, 0.15) is 11.6 Å². The number of imidazole rings is 1. The van der Waals surface area contributed by atoms with Crippen LogP contribution in [0.4, 0.5) is 4.39 Å². The molecular formula is C26H27FN4O4. The number of aliphatic hydroxyl groups excluding tert-OH is 1. The van der Waals surface area contributed by atoms with E-state index >= 15 is 0 Å². The topological polar surface area (TPSA) is 89.2 Å². The maximum atomic E-state index is 13.6. The number of aromatic nitrogens is 2. The number of benzene rings is 2. The van der Waals surface area contributed by atoms with Crippen LogP contribution in [-0.2, 0) is 9.63 Å². The minimum atomic E-state index is -1.12. The Morgan fingerprint density at radius 1 is 1.26 bits per heavy atom. The minimum Gasteiger partial charge on any atom is -0.495 e. The first-order valence-corrected chi connectivity index (χ1v) is 11.6. The number of methoxy groups -OCH3 is 1. The van der Waals surface area contributed by atoms with Crippen LogP contribution in [0.25, 0.3) is 5.69 Å². The van der Waals surface area contributed by atoms with Crippen LogP contribution in [0.15, 0.2) is 60.1 Å². The lowest BCUT2D eigenvalue weighted by Gasteiger charge is -2.41. The Morgan fingerprint density at radius 3 is 2.74 bits per heavy atom. The molecule has 2 aliphatic heterocycles. The van der Waals surface area contributed by atoms with Gasteiger partial charge in [-0.2, -0.15) is 0 Å². The third-order valence-electron chi connectivity index (χ3n) is 6.72. The van der Waals surface area contributed by atoms with Crippen molar-refractivity contribution in [1.29, 1.82) is 0 Å². The van der Waals surface area contributed by atoms with E-state index in [2.05, 4.69) is 10.1 Å². The van der Waals surface area contributed by atoms with Gasteiger partial charge in [-0.05, 0) is 43.2 Å². The Bertz CT molecular complexity index is 1270. The number of aryl methyl sites for hydroxylation is 1. The number of oxime groups is 1. The highest BCUT2D eigenvalue weighted by Gasteiger charge is 2.52. The summed E-state index contributed by atoms with van der Waals surface area (Å²) in [4.78, 5) is 25.4. The monoisotopic (exact) mass is 478 g/mol. The molecule has 2 unspecified atom stereocenters. The molecule has 5 rings (SSSR count). The van der Waals surface area contributed by atoms with E-state index < -0.39 is 11.6 Å². The molecule has 1 fully saturated rings. The first-order chi connectivity index (χ1) is 16.9. The first-order valence-electron chi connectivity index (χ1n) is 11.6. The van der Waals surface area contributed by atoms with E-state index in [0.29, 0.717) is 42.8 Å². The molecule has 0 bridgehead atoms. The van der Waals surface area contributed by atoms with Crippen molar-refractivity contribution in [2.75, 3.05) is 20.3 Å². The number of nitrogens with zero attached hydrogens (tertiary/aromatic N) is 4. The average Bonchev–Trinajstić information content (AvgIpc) is 3.50. The summed E-state index contributed by atoms with van der Waals surface area (Å²) in [5, 5.41) is 14.4. The van der Waals surface area contributed by atoms with Crippen LogP contribution in [0.2, 0.25) is 0 Å². The van der Waals surface area contributed by atoms with Crippen LogP contribution >= 0.6 is 0 Å². The molecule has 0 saturated carbocycles. The van der Waals surface area contributed by atoms with Gasteiger partial charge in [0.15, 0.2) is 0 Å². The molecule has 182 valence electrons. The number of hydrogen-bond donors (Lipinski definition) is 1. The average molecular weight is 479 g/mol. The standard InChI is InChI=1S/C26H27FN4O4/c1-17-14-30(16-28-17)22-9-6-19(12-24(22)34-2)21-13-26(35-29-21)10-3-11-31(25(26)33)23(15-32)18-4-7-20(27)8-5-18/h4-9,12,14,16,23,32H,3,10-11,13,15H2,1-2H3. The van der Waals surface area contributed by atoms with Crippen molar-refractivity contribution >= 4 is 11.6 Å². The third kappa shape index (κ3) is 4.16. The van der Waals surface area contributed by atoms with E-state index in [4.69, 9.17) is 9.57 Å². The molecule has 1 saturated heterocycles. The lowest BCUT2D eigenvalue weighted by atomic mass is 9.84. The molecule has 2 aliphatic rings. The fourth-order valence-electron chi connectivity index (χ4n) is 4.88. The number of rotatable bonds is 6. The molecule has 35 heavy (non-hydrogen) atoms. The summed E-state index contributed by atoms with van der Waals surface area (Å²) < 4.78 is 20.9. The van der Waals surface area contributed by atoms with Gasteiger partial charge in [0.2, 0.25) is 5.60 Å². The predicted octanol–water partition coefficient (Wildman–Crippen LogP) is 3.55. The van der Waals surface area contributed by atoms with Crippen LogP contribution in [0.3, 0.4) is 0 Å². The molecule has 8 nitrogen and oxygen atoms in total. The Morgan fingerprint density at radius 2 is 2.06 bits per heavy atom. The van der Waals surface area contributed by atoms with Crippen LogP contribution in [0, 0.1) is 12.7 Å². The normalized spacial score (nSPS) is 20.6.